The second kappa shape index (κ2) is 12.1. The highest BCUT2D eigenvalue weighted by molar-refractivity contribution is 14.0. The number of guanidine groups is 1. The van der Waals surface area contributed by atoms with E-state index in [2.05, 4.69) is 20.9 Å². The van der Waals surface area contributed by atoms with Gasteiger partial charge in [0.25, 0.3) is 0 Å². The predicted octanol–water partition coefficient (Wildman–Crippen LogP) is 3.15. The smallest absolute Gasteiger partial charge is 0.243 e. The summed E-state index contributed by atoms with van der Waals surface area (Å²) in [5.41, 5.74) is 0.372. The number of ether oxygens (including phenoxy) is 1. The van der Waals surface area contributed by atoms with E-state index in [1.807, 2.05) is 0 Å². The maximum Gasteiger partial charge on any atom is 0.243 e. The van der Waals surface area contributed by atoms with E-state index in [0.717, 1.165) is 0 Å². The Kier molecular flexibility index (Phi) is 10.2. The van der Waals surface area contributed by atoms with Crippen LogP contribution in [0.3, 0.4) is 0 Å². The Morgan fingerprint density at radius 2 is 1.89 bits per heavy atom. The van der Waals surface area contributed by atoms with Crippen LogP contribution in [-0.4, -0.2) is 38.1 Å². The monoisotopic (exact) mass is 504 g/mol. The van der Waals surface area contributed by atoms with Crippen molar-refractivity contribution in [2.24, 2.45) is 4.99 Å². The summed E-state index contributed by atoms with van der Waals surface area (Å²) in [5, 5.41) is 8.40. The van der Waals surface area contributed by atoms with Crippen LogP contribution in [0.4, 0.5) is 14.5 Å². The van der Waals surface area contributed by atoms with E-state index in [0.29, 0.717) is 18.2 Å². The van der Waals surface area contributed by atoms with Gasteiger partial charge in [-0.15, -0.1) is 24.0 Å². The maximum absolute atomic E-state index is 13.6. The number of amides is 1. The number of aliphatic imine (C=N–C) groups is 1. The summed E-state index contributed by atoms with van der Waals surface area (Å²) in [5.74, 6) is -0.653. The van der Waals surface area contributed by atoms with E-state index >= 15 is 0 Å². The topological polar surface area (TPSA) is 74.8 Å². The van der Waals surface area contributed by atoms with Crippen LogP contribution >= 0.6 is 24.0 Å². The molecule has 28 heavy (non-hydrogen) atoms. The van der Waals surface area contributed by atoms with Gasteiger partial charge in [0.1, 0.15) is 11.9 Å². The van der Waals surface area contributed by atoms with E-state index in [9.17, 15) is 13.6 Å². The number of carbonyl (C=O) groups is 1. The molecule has 0 aromatic heterocycles. The van der Waals surface area contributed by atoms with Crippen LogP contribution < -0.4 is 20.7 Å². The minimum atomic E-state index is -0.430. The fourth-order valence-electron chi connectivity index (χ4n) is 2.20. The highest BCUT2D eigenvalue weighted by Gasteiger charge is 2.10. The van der Waals surface area contributed by atoms with Crippen LogP contribution in [0.25, 0.3) is 0 Å². The molecule has 152 valence electrons. The van der Waals surface area contributed by atoms with Crippen LogP contribution in [0.5, 0.6) is 5.75 Å². The quantitative estimate of drug-likeness (QED) is 0.308. The molecule has 2 aromatic rings. The molecule has 1 unspecified atom stereocenters. The average molecular weight is 504 g/mol. The number of benzene rings is 2. The molecule has 0 radical (unpaired) electrons. The molecular formula is C19H23F2IN4O2. The lowest BCUT2D eigenvalue weighted by Gasteiger charge is -2.18. The van der Waals surface area contributed by atoms with E-state index in [4.69, 9.17) is 4.74 Å². The molecule has 0 fully saturated rings. The number of halogens is 3. The van der Waals surface area contributed by atoms with E-state index < -0.39 is 11.6 Å². The molecule has 1 atom stereocenters. The predicted molar refractivity (Wildman–Crippen MR) is 116 cm³/mol. The number of para-hydroxylation sites is 1. The summed E-state index contributed by atoms with van der Waals surface area (Å²) in [4.78, 5) is 15.9. The minimum absolute atomic E-state index is 0. The largest absolute Gasteiger partial charge is 0.486 e. The zero-order valence-corrected chi connectivity index (χ0v) is 17.9. The van der Waals surface area contributed by atoms with Gasteiger partial charge in [0.15, 0.2) is 17.5 Å². The Hall–Kier alpha value is -2.43. The third-order valence-electron chi connectivity index (χ3n) is 3.47. The van der Waals surface area contributed by atoms with Gasteiger partial charge in [0.2, 0.25) is 5.91 Å². The van der Waals surface area contributed by atoms with Gasteiger partial charge in [-0.2, -0.15) is 0 Å². The molecule has 2 aromatic carbocycles. The normalized spacial score (nSPS) is 11.8. The maximum atomic E-state index is 13.6. The van der Waals surface area contributed by atoms with Crippen molar-refractivity contribution in [1.29, 1.82) is 0 Å². The molecule has 1 amide bonds. The highest BCUT2D eigenvalue weighted by Crippen LogP contribution is 2.16. The number of hydrogen-bond donors (Lipinski definition) is 3. The Morgan fingerprint density at radius 1 is 1.14 bits per heavy atom. The number of nitrogens with zero attached hydrogens (tertiary/aromatic N) is 1. The molecule has 0 aliphatic heterocycles. The first-order valence-corrected chi connectivity index (χ1v) is 8.39. The zero-order valence-electron chi connectivity index (χ0n) is 15.5. The van der Waals surface area contributed by atoms with Gasteiger partial charge >= 0.3 is 0 Å². The van der Waals surface area contributed by atoms with Crippen molar-refractivity contribution in [2.45, 2.75) is 13.0 Å². The third-order valence-corrected chi connectivity index (χ3v) is 3.47. The van der Waals surface area contributed by atoms with Crippen molar-refractivity contribution in [3.63, 3.8) is 0 Å². The summed E-state index contributed by atoms with van der Waals surface area (Å²) < 4.78 is 32.2. The first-order valence-electron chi connectivity index (χ1n) is 8.39. The lowest BCUT2D eigenvalue weighted by molar-refractivity contribution is -0.115. The second-order valence-electron chi connectivity index (χ2n) is 5.72. The van der Waals surface area contributed by atoms with E-state index in [1.54, 1.807) is 38.2 Å². The minimum Gasteiger partial charge on any atom is -0.486 e. The lowest BCUT2D eigenvalue weighted by Crippen LogP contribution is -2.44. The van der Waals surface area contributed by atoms with Crippen LogP contribution in [0.15, 0.2) is 53.5 Å². The Balaban J connectivity index is 0.00000392. The summed E-state index contributed by atoms with van der Waals surface area (Å²) in [6.07, 6.45) is -0.332. The standard InChI is InChI=1S/C19H22F2N4O2.HI/c1-13(27-17-9-4-3-8-16(17)21)11-23-19(22-2)24-12-18(26)25-15-7-5-6-14(20)10-15;/h3-10,13H,11-12H2,1-2H3,(H,25,26)(H2,22,23,24);1H. The molecule has 2 rings (SSSR count). The van der Waals surface area contributed by atoms with Crippen LogP contribution in [0, 0.1) is 11.6 Å². The van der Waals surface area contributed by atoms with Gasteiger partial charge in [0, 0.05) is 12.7 Å². The van der Waals surface area contributed by atoms with Crippen molar-refractivity contribution in [2.75, 3.05) is 25.5 Å². The van der Waals surface area contributed by atoms with Gasteiger partial charge in [-0.25, -0.2) is 8.78 Å². The third kappa shape index (κ3) is 8.07. The molecule has 6 nitrogen and oxygen atoms in total. The van der Waals surface area contributed by atoms with Gasteiger partial charge in [0.05, 0.1) is 13.1 Å². The summed E-state index contributed by atoms with van der Waals surface area (Å²) in [6, 6.07) is 11.8. The zero-order chi connectivity index (χ0) is 19.6. The molecule has 3 N–H and O–H groups in total. The Labute approximate surface area is 179 Å². The lowest BCUT2D eigenvalue weighted by atomic mass is 10.3. The molecule has 9 heteroatoms. The Bertz CT molecular complexity index is 805. The average Bonchev–Trinajstić information content (AvgIpc) is 2.64. The van der Waals surface area contributed by atoms with Crippen LogP contribution in [0.2, 0.25) is 0 Å². The molecule has 0 aliphatic carbocycles. The molecule has 0 heterocycles. The number of anilines is 1. The van der Waals surface area contributed by atoms with Crippen molar-refractivity contribution in [3.8, 4) is 5.75 Å². The van der Waals surface area contributed by atoms with E-state index in [1.165, 1.54) is 24.3 Å². The number of nitrogens with one attached hydrogen (secondary N) is 3. The van der Waals surface area contributed by atoms with Gasteiger partial charge in [-0.05, 0) is 37.3 Å². The van der Waals surface area contributed by atoms with Gasteiger partial charge in [-0.1, -0.05) is 18.2 Å². The SMILES string of the molecule is CN=C(NCC(=O)Nc1cccc(F)c1)NCC(C)Oc1ccccc1F.I. The molecule has 0 saturated heterocycles. The number of carbonyl (C=O) groups excluding carboxylic acids is 1. The molecular weight excluding hydrogens is 481 g/mol. The molecule has 0 spiro atoms. The first kappa shape index (κ1) is 23.6. The summed E-state index contributed by atoms with van der Waals surface area (Å²) in [6.45, 7) is 2.07. The van der Waals surface area contributed by atoms with Crippen molar-refractivity contribution >= 4 is 41.5 Å². The molecule has 0 bridgehead atoms. The van der Waals surface area contributed by atoms with Crippen LogP contribution in [-0.2, 0) is 4.79 Å². The second-order valence-corrected chi connectivity index (χ2v) is 5.72. The number of hydrogen-bond acceptors (Lipinski definition) is 3. The van der Waals surface area contributed by atoms with Crippen molar-refractivity contribution in [1.82, 2.24) is 10.6 Å². The molecule has 0 aliphatic rings. The van der Waals surface area contributed by atoms with Gasteiger partial charge < -0.3 is 20.7 Å². The van der Waals surface area contributed by atoms with E-state index in [-0.39, 0.29) is 48.3 Å². The summed E-state index contributed by atoms with van der Waals surface area (Å²) in [7, 11) is 1.56. The van der Waals surface area contributed by atoms with Crippen LogP contribution in [0.1, 0.15) is 6.92 Å². The fourth-order valence-corrected chi connectivity index (χ4v) is 2.20. The fraction of sp³-hybridized carbons (Fsp3) is 0.263. The highest BCUT2D eigenvalue weighted by atomic mass is 127. The van der Waals surface area contributed by atoms with Crippen molar-refractivity contribution < 1.29 is 18.3 Å². The number of rotatable bonds is 7. The Morgan fingerprint density at radius 3 is 2.57 bits per heavy atom. The summed E-state index contributed by atoms with van der Waals surface area (Å²) >= 11 is 0. The van der Waals surface area contributed by atoms with Crippen molar-refractivity contribution in [3.05, 3.63) is 60.2 Å². The molecule has 0 saturated carbocycles. The first-order chi connectivity index (χ1) is 13.0. The van der Waals surface area contributed by atoms with Gasteiger partial charge in [-0.3, -0.25) is 9.79 Å².